The molecule has 0 saturated carbocycles. The van der Waals surface area contributed by atoms with E-state index in [1.807, 2.05) is 0 Å². The second-order valence-corrected chi connectivity index (χ2v) is 6.30. The number of thioether (sulfide) groups is 1. The van der Waals surface area contributed by atoms with Gasteiger partial charge < -0.3 is 4.84 Å². The first kappa shape index (κ1) is 15.0. The van der Waals surface area contributed by atoms with Crippen molar-refractivity contribution in [1.82, 2.24) is 5.06 Å². The molecule has 18 heavy (non-hydrogen) atoms. The van der Waals surface area contributed by atoms with Crippen LogP contribution in [-0.2, 0) is 19.2 Å². The van der Waals surface area contributed by atoms with E-state index in [-0.39, 0.29) is 18.8 Å². The molecule has 0 spiro atoms. The summed E-state index contributed by atoms with van der Waals surface area (Å²) in [6, 6.07) is 0. The maximum atomic E-state index is 11.5. The first-order valence-electron chi connectivity index (χ1n) is 6.11. The Morgan fingerprint density at radius 1 is 1.50 bits per heavy atom. The third-order valence-electron chi connectivity index (χ3n) is 2.50. The van der Waals surface area contributed by atoms with Crippen LogP contribution in [0.2, 0.25) is 0 Å². The average molecular weight is 273 g/mol. The van der Waals surface area contributed by atoms with Crippen LogP contribution in [0.15, 0.2) is 0 Å². The number of rotatable bonds is 6. The Balaban J connectivity index is 2.28. The van der Waals surface area contributed by atoms with Crippen molar-refractivity contribution in [2.75, 3.05) is 5.75 Å². The molecule has 0 radical (unpaired) electrons. The highest BCUT2D eigenvalue weighted by molar-refractivity contribution is 7.99. The minimum atomic E-state index is -0.518. The molecule has 1 aliphatic rings. The molecule has 1 heterocycles. The molecular formula is C12H19NO4S. The lowest BCUT2D eigenvalue weighted by Gasteiger charge is -2.13. The fourth-order valence-corrected chi connectivity index (χ4v) is 2.32. The molecule has 5 nitrogen and oxygen atoms in total. The number of nitrogens with zero attached hydrogens (tertiary/aromatic N) is 1. The summed E-state index contributed by atoms with van der Waals surface area (Å²) in [4.78, 5) is 39.1. The topological polar surface area (TPSA) is 63.7 Å². The number of hydroxylamine groups is 2. The largest absolute Gasteiger partial charge is 0.333 e. The normalized spacial score (nSPS) is 19.8. The predicted molar refractivity (Wildman–Crippen MR) is 68.6 cm³/mol. The summed E-state index contributed by atoms with van der Waals surface area (Å²) >= 11 is 1.76. The predicted octanol–water partition coefficient (Wildman–Crippen LogP) is 1.76. The maximum Gasteiger partial charge on any atom is 0.333 e. The number of hydrogen-bond acceptors (Lipinski definition) is 5. The molecule has 0 aromatic rings. The zero-order valence-corrected chi connectivity index (χ0v) is 11.8. The Labute approximate surface area is 111 Å². The molecule has 0 bridgehead atoms. The summed E-state index contributed by atoms with van der Waals surface area (Å²) in [7, 11) is 0. The smallest absolute Gasteiger partial charge is 0.330 e. The second-order valence-electron chi connectivity index (χ2n) is 4.62. The van der Waals surface area contributed by atoms with Gasteiger partial charge in [0, 0.05) is 18.8 Å². The third-order valence-corrected chi connectivity index (χ3v) is 3.69. The molecule has 0 aromatic heterocycles. The van der Waals surface area contributed by atoms with Crippen molar-refractivity contribution in [3.8, 4) is 0 Å². The van der Waals surface area contributed by atoms with Crippen LogP contribution in [0.25, 0.3) is 0 Å². The van der Waals surface area contributed by atoms with Crippen LogP contribution in [0.5, 0.6) is 0 Å². The molecule has 102 valence electrons. The van der Waals surface area contributed by atoms with Crippen molar-refractivity contribution >= 4 is 29.5 Å². The number of carbonyl (C=O) groups excluding carboxylic acids is 3. The highest BCUT2D eigenvalue weighted by atomic mass is 32.2. The lowest BCUT2D eigenvalue weighted by molar-refractivity contribution is -0.198. The van der Waals surface area contributed by atoms with E-state index in [1.54, 1.807) is 18.7 Å². The van der Waals surface area contributed by atoms with Gasteiger partial charge in [-0.1, -0.05) is 20.8 Å². The Morgan fingerprint density at radius 2 is 2.17 bits per heavy atom. The Hall–Kier alpha value is -1.04. The first-order chi connectivity index (χ1) is 8.41. The van der Waals surface area contributed by atoms with Crippen LogP contribution in [0, 0.1) is 5.92 Å². The van der Waals surface area contributed by atoms with Gasteiger partial charge in [0.2, 0.25) is 0 Å². The number of hydrogen-bond donors (Lipinski definition) is 0. The minimum absolute atomic E-state index is 0.120. The number of carbonyl (C=O) groups is 3. The van der Waals surface area contributed by atoms with Crippen molar-refractivity contribution in [3.05, 3.63) is 0 Å². The van der Waals surface area contributed by atoms with E-state index in [0.717, 1.165) is 5.75 Å². The van der Waals surface area contributed by atoms with Crippen LogP contribution in [0.3, 0.4) is 0 Å². The van der Waals surface area contributed by atoms with E-state index in [0.29, 0.717) is 16.7 Å². The average Bonchev–Trinajstić information content (AvgIpc) is 2.51. The van der Waals surface area contributed by atoms with E-state index in [1.165, 1.54) is 0 Å². The zero-order chi connectivity index (χ0) is 13.7. The van der Waals surface area contributed by atoms with Gasteiger partial charge in [-0.15, -0.1) is 5.06 Å². The fraction of sp³-hybridized carbons (Fsp3) is 0.750. The molecule has 1 saturated heterocycles. The van der Waals surface area contributed by atoms with Gasteiger partial charge in [-0.05, 0) is 17.4 Å². The Morgan fingerprint density at radius 3 is 2.67 bits per heavy atom. The van der Waals surface area contributed by atoms with Gasteiger partial charge in [0.15, 0.2) is 0 Å². The first-order valence-corrected chi connectivity index (χ1v) is 7.16. The molecule has 1 rings (SSSR count). The lowest BCUT2D eigenvalue weighted by Crippen LogP contribution is -2.33. The van der Waals surface area contributed by atoms with Crippen LogP contribution in [0.4, 0.5) is 0 Å². The van der Waals surface area contributed by atoms with Crippen LogP contribution >= 0.6 is 11.8 Å². The van der Waals surface area contributed by atoms with Crippen molar-refractivity contribution in [1.29, 1.82) is 0 Å². The van der Waals surface area contributed by atoms with E-state index >= 15 is 0 Å². The van der Waals surface area contributed by atoms with E-state index in [4.69, 9.17) is 4.84 Å². The van der Waals surface area contributed by atoms with Gasteiger partial charge in [-0.2, -0.15) is 11.8 Å². The summed E-state index contributed by atoms with van der Waals surface area (Å²) in [5, 5.41) is 1.14. The molecule has 1 atom stereocenters. The van der Waals surface area contributed by atoms with Gasteiger partial charge in [-0.25, -0.2) is 4.79 Å². The van der Waals surface area contributed by atoms with Gasteiger partial charge in [0.25, 0.3) is 11.8 Å². The van der Waals surface area contributed by atoms with Crippen molar-refractivity contribution < 1.29 is 19.2 Å². The highest BCUT2D eigenvalue weighted by Crippen LogP contribution is 2.19. The quantitative estimate of drug-likeness (QED) is 0.545. The summed E-state index contributed by atoms with van der Waals surface area (Å²) < 4.78 is 0. The Kier molecular flexibility index (Phi) is 5.65. The van der Waals surface area contributed by atoms with E-state index in [9.17, 15) is 14.4 Å². The number of amides is 2. The van der Waals surface area contributed by atoms with Crippen LogP contribution in [0.1, 0.15) is 40.0 Å². The molecule has 0 aromatic carbocycles. The molecule has 2 amide bonds. The van der Waals surface area contributed by atoms with Crippen LogP contribution < -0.4 is 0 Å². The van der Waals surface area contributed by atoms with Gasteiger partial charge in [-0.3, -0.25) is 9.59 Å². The Bertz CT molecular complexity index is 343. The second kappa shape index (κ2) is 6.78. The molecule has 1 aliphatic heterocycles. The SMILES string of the molecule is CC(C)SCCCC(=O)ON1C(=O)CC(C)C1=O. The van der Waals surface area contributed by atoms with Crippen LogP contribution in [-0.4, -0.2) is 33.8 Å². The summed E-state index contributed by atoms with van der Waals surface area (Å²) in [5.41, 5.74) is 0. The van der Waals surface area contributed by atoms with Crippen molar-refractivity contribution in [2.24, 2.45) is 5.92 Å². The lowest BCUT2D eigenvalue weighted by atomic mass is 10.1. The standard InChI is InChI=1S/C12H19NO4S/c1-8(2)18-6-4-5-11(15)17-13-10(14)7-9(3)12(13)16/h8-9H,4-7H2,1-3H3. The molecule has 0 N–H and O–H groups in total. The number of imide groups is 1. The molecule has 1 unspecified atom stereocenters. The van der Waals surface area contributed by atoms with Gasteiger partial charge >= 0.3 is 5.97 Å². The van der Waals surface area contributed by atoms with E-state index in [2.05, 4.69) is 13.8 Å². The molecule has 6 heteroatoms. The monoisotopic (exact) mass is 273 g/mol. The third kappa shape index (κ3) is 4.33. The van der Waals surface area contributed by atoms with Crippen molar-refractivity contribution in [2.45, 2.75) is 45.3 Å². The van der Waals surface area contributed by atoms with Crippen molar-refractivity contribution in [3.63, 3.8) is 0 Å². The minimum Gasteiger partial charge on any atom is -0.330 e. The van der Waals surface area contributed by atoms with E-state index < -0.39 is 17.8 Å². The maximum absolute atomic E-state index is 11.5. The molecular weight excluding hydrogens is 254 g/mol. The summed E-state index contributed by atoms with van der Waals surface area (Å²) in [5.74, 6) is -0.898. The molecule has 1 fully saturated rings. The van der Waals surface area contributed by atoms with Gasteiger partial charge in [0.05, 0.1) is 0 Å². The summed E-state index contributed by atoms with van der Waals surface area (Å²) in [6.45, 7) is 5.82. The van der Waals surface area contributed by atoms with Gasteiger partial charge in [0.1, 0.15) is 0 Å². The molecule has 0 aliphatic carbocycles. The highest BCUT2D eigenvalue weighted by Gasteiger charge is 2.38. The summed E-state index contributed by atoms with van der Waals surface area (Å²) in [6.07, 6.45) is 1.04. The zero-order valence-electron chi connectivity index (χ0n) is 11.0. The fourth-order valence-electron chi connectivity index (χ4n) is 1.53.